The first-order valence-electron chi connectivity index (χ1n) is 18.1. The summed E-state index contributed by atoms with van der Waals surface area (Å²) in [6, 6.07) is 9.31. The van der Waals surface area contributed by atoms with E-state index in [1.54, 1.807) is 11.0 Å². The van der Waals surface area contributed by atoms with E-state index in [9.17, 15) is 45.1 Å². The van der Waals surface area contributed by atoms with Crippen LogP contribution in [0.1, 0.15) is 95.3 Å². The van der Waals surface area contributed by atoms with Crippen LogP contribution in [0.25, 0.3) is 0 Å². The molecule has 294 valence electrons. The van der Waals surface area contributed by atoms with Crippen LogP contribution in [0.2, 0.25) is 0 Å². The summed E-state index contributed by atoms with van der Waals surface area (Å²) in [6.45, 7) is 4.17. The number of nitrogens with zero attached hydrogens (tertiary/aromatic N) is 2. The van der Waals surface area contributed by atoms with Crippen molar-refractivity contribution < 1.29 is 45.1 Å². The van der Waals surface area contributed by atoms with Crippen LogP contribution in [0.15, 0.2) is 54.6 Å². The summed E-state index contributed by atoms with van der Waals surface area (Å²) in [5, 5.41) is 17.5. The van der Waals surface area contributed by atoms with Gasteiger partial charge >= 0.3 is 6.18 Å². The fraction of sp³-hybridized carbons (Fsp3) is 0.487. The number of carbonyl (C=O) groups excluding carboxylic acids is 2. The number of hydrogen-bond donors (Lipinski definition) is 3. The normalized spacial score (nSPS) is 16.6. The van der Waals surface area contributed by atoms with Gasteiger partial charge in [0.1, 0.15) is 11.6 Å². The average molecular weight is 779 g/mol. The molecule has 1 fully saturated rings. The van der Waals surface area contributed by atoms with E-state index in [0.717, 1.165) is 60.5 Å². The molecule has 54 heavy (non-hydrogen) atoms. The number of fused-ring (bicyclic) bond motifs is 1. The van der Waals surface area contributed by atoms with Gasteiger partial charge in [-0.3, -0.25) is 13.9 Å². The summed E-state index contributed by atoms with van der Waals surface area (Å²) < 4.78 is 95.2. The number of amides is 2. The average Bonchev–Trinajstić information content (AvgIpc) is 3.90. The topological polar surface area (TPSA) is 119 Å². The lowest BCUT2D eigenvalue weighted by Crippen LogP contribution is -2.50. The molecule has 0 unspecified atom stereocenters. The molecule has 2 atom stereocenters. The zero-order valence-corrected chi connectivity index (χ0v) is 31.6. The zero-order chi connectivity index (χ0) is 39.6. The lowest BCUT2D eigenvalue weighted by molar-refractivity contribution is -0.137. The van der Waals surface area contributed by atoms with Crippen molar-refractivity contribution in [3.8, 4) is 0 Å². The van der Waals surface area contributed by atoms with E-state index < -0.39 is 57.0 Å². The number of anilines is 1. The van der Waals surface area contributed by atoms with Crippen LogP contribution in [-0.2, 0) is 34.6 Å². The number of alkyl halides is 3. The predicted octanol–water partition coefficient (Wildman–Crippen LogP) is 6.33. The molecule has 0 aromatic heterocycles. The Morgan fingerprint density at radius 2 is 1.67 bits per heavy atom. The molecular weight excluding hydrogens is 732 g/mol. The van der Waals surface area contributed by atoms with Gasteiger partial charge in [-0.2, -0.15) is 13.2 Å². The van der Waals surface area contributed by atoms with E-state index in [1.165, 1.54) is 25.2 Å². The van der Waals surface area contributed by atoms with Gasteiger partial charge < -0.3 is 20.6 Å². The molecule has 2 aliphatic rings. The largest absolute Gasteiger partial charge is 0.416 e. The van der Waals surface area contributed by atoms with Crippen LogP contribution in [-0.4, -0.2) is 74.8 Å². The van der Waals surface area contributed by atoms with Crippen LogP contribution in [0, 0.1) is 11.6 Å². The number of rotatable bonds is 16. The van der Waals surface area contributed by atoms with Crippen molar-refractivity contribution in [2.75, 3.05) is 30.7 Å². The van der Waals surface area contributed by atoms with Gasteiger partial charge in [0.05, 0.1) is 29.7 Å². The van der Waals surface area contributed by atoms with Crippen molar-refractivity contribution in [2.24, 2.45) is 0 Å². The molecule has 1 aliphatic carbocycles. The minimum atomic E-state index is -4.55. The number of sulfonamides is 1. The van der Waals surface area contributed by atoms with Crippen LogP contribution < -0.4 is 14.9 Å². The zero-order valence-electron chi connectivity index (χ0n) is 30.8. The van der Waals surface area contributed by atoms with Crippen molar-refractivity contribution in [2.45, 2.75) is 95.1 Å². The molecule has 5 rings (SSSR count). The Hall–Kier alpha value is -4.08. The third kappa shape index (κ3) is 9.40. The minimum Gasteiger partial charge on any atom is -0.390 e. The van der Waals surface area contributed by atoms with Gasteiger partial charge in [-0.15, -0.1) is 0 Å². The van der Waals surface area contributed by atoms with Crippen molar-refractivity contribution in [3.05, 3.63) is 99.6 Å². The molecule has 3 N–H and O–H groups in total. The number of aliphatic hydroxyl groups excluding tert-OH is 1. The van der Waals surface area contributed by atoms with E-state index in [2.05, 4.69) is 10.6 Å². The molecular formula is C39H47F5N4O5S. The molecule has 0 bridgehead atoms. The highest BCUT2D eigenvalue weighted by molar-refractivity contribution is 7.92. The summed E-state index contributed by atoms with van der Waals surface area (Å²) in [6.07, 6.45) is -0.712. The fourth-order valence-electron chi connectivity index (χ4n) is 7.29. The first-order valence-corrected chi connectivity index (χ1v) is 20.0. The molecule has 9 nitrogen and oxygen atoms in total. The fourth-order valence-corrected chi connectivity index (χ4v) is 7.78. The van der Waals surface area contributed by atoms with Gasteiger partial charge in [-0.05, 0) is 91.6 Å². The summed E-state index contributed by atoms with van der Waals surface area (Å²) in [5.41, 5.74) is -0.511. The molecule has 1 heterocycles. The van der Waals surface area contributed by atoms with E-state index in [-0.39, 0.29) is 47.3 Å². The molecule has 0 radical (unpaired) electrons. The van der Waals surface area contributed by atoms with Gasteiger partial charge in [0.2, 0.25) is 10.0 Å². The highest BCUT2D eigenvalue weighted by atomic mass is 32.2. The van der Waals surface area contributed by atoms with E-state index in [4.69, 9.17) is 0 Å². The number of aliphatic hydroxyl groups is 1. The molecule has 1 aliphatic heterocycles. The summed E-state index contributed by atoms with van der Waals surface area (Å²) in [7, 11) is -2.53. The SMILES string of the molecule is CCCC(CCC)N1CCc2c(C(=O)N[C@@H](Cc3cc(F)cc(F)c3)[C@H](O)CNC3(c4cccc(C(F)(F)F)c4)CC3)cc(N(C)S(C)(=O)=O)cc2C1=O. The van der Waals surface area contributed by atoms with Gasteiger partial charge in [-0.25, -0.2) is 17.2 Å². The predicted molar refractivity (Wildman–Crippen MR) is 196 cm³/mol. The lowest BCUT2D eigenvalue weighted by atomic mass is 9.90. The molecule has 3 aromatic rings. The van der Waals surface area contributed by atoms with Crippen LogP contribution >= 0.6 is 0 Å². The second-order valence-electron chi connectivity index (χ2n) is 14.4. The number of hydrogen-bond acceptors (Lipinski definition) is 6. The third-order valence-corrected chi connectivity index (χ3v) is 11.6. The standard InChI is InChI=1S/C39H47F5N4O5S/c1-5-8-29(9-6-2)48-15-12-31-32(21-30(22-33(31)37(48)51)47(3)54(4,52)53)36(50)46-34(18-24-16-27(40)20-28(41)17-24)35(49)23-45-38(13-14-38)25-10-7-11-26(19-25)39(42,43)44/h7,10-11,16-17,19-22,29,34-35,45,49H,5-6,8-9,12-15,18,23H2,1-4H3,(H,46,50)/t34-,35+/m0/s1. The third-order valence-electron chi connectivity index (χ3n) is 10.4. The molecule has 0 spiro atoms. The number of benzene rings is 3. The maximum atomic E-state index is 14.3. The Labute approximate surface area is 313 Å². The maximum absolute atomic E-state index is 14.3. The lowest BCUT2D eigenvalue weighted by Gasteiger charge is -2.37. The van der Waals surface area contributed by atoms with E-state index in [0.29, 0.717) is 43.0 Å². The van der Waals surface area contributed by atoms with Crippen LogP contribution in [0.4, 0.5) is 27.6 Å². The first kappa shape index (κ1) is 41.1. The van der Waals surface area contributed by atoms with E-state index in [1.807, 2.05) is 13.8 Å². The second-order valence-corrected chi connectivity index (χ2v) is 16.4. The minimum absolute atomic E-state index is 0.00624. The summed E-state index contributed by atoms with van der Waals surface area (Å²) >= 11 is 0. The quantitative estimate of drug-likeness (QED) is 0.147. The highest BCUT2D eigenvalue weighted by Crippen LogP contribution is 2.46. The van der Waals surface area contributed by atoms with Crippen molar-refractivity contribution in [3.63, 3.8) is 0 Å². The Morgan fingerprint density at radius 3 is 2.24 bits per heavy atom. The Morgan fingerprint density at radius 1 is 1.02 bits per heavy atom. The molecule has 2 amide bonds. The summed E-state index contributed by atoms with van der Waals surface area (Å²) in [4.78, 5) is 30.1. The van der Waals surface area contributed by atoms with Gasteiger partial charge in [-0.1, -0.05) is 38.8 Å². The molecule has 0 saturated heterocycles. The smallest absolute Gasteiger partial charge is 0.390 e. The van der Waals surface area contributed by atoms with Crippen molar-refractivity contribution in [1.82, 2.24) is 15.5 Å². The second kappa shape index (κ2) is 16.3. The highest BCUT2D eigenvalue weighted by Gasteiger charge is 2.45. The number of carbonyl (C=O) groups is 2. The van der Waals surface area contributed by atoms with Gasteiger partial charge in [0, 0.05) is 48.9 Å². The molecule has 3 aromatic carbocycles. The summed E-state index contributed by atoms with van der Waals surface area (Å²) in [5.74, 6) is -2.83. The van der Waals surface area contributed by atoms with Crippen LogP contribution in [0.5, 0.6) is 0 Å². The van der Waals surface area contributed by atoms with Crippen molar-refractivity contribution >= 4 is 27.5 Å². The van der Waals surface area contributed by atoms with E-state index >= 15 is 0 Å². The Bertz CT molecular complexity index is 1940. The number of halogens is 5. The number of nitrogens with one attached hydrogen (secondary N) is 2. The molecule has 1 saturated carbocycles. The van der Waals surface area contributed by atoms with Crippen molar-refractivity contribution in [1.29, 1.82) is 0 Å². The monoisotopic (exact) mass is 778 g/mol. The maximum Gasteiger partial charge on any atom is 0.416 e. The Kier molecular flexibility index (Phi) is 12.4. The first-order chi connectivity index (χ1) is 25.4. The van der Waals surface area contributed by atoms with Crippen LogP contribution in [0.3, 0.4) is 0 Å². The Balaban J connectivity index is 1.48. The van der Waals surface area contributed by atoms with Gasteiger partial charge in [0.15, 0.2) is 0 Å². The van der Waals surface area contributed by atoms with Gasteiger partial charge in [0.25, 0.3) is 11.8 Å². The molecule has 15 heteroatoms.